The van der Waals surface area contributed by atoms with Crippen molar-refractivity contribution in [2.75, 3.05) is 6.54 Å². The van der Waals surface area contributed by atoms with Crippen LogP contribution in [0.4, 0.5) is 0 Å². The molecule has 5 nitrogen and oxygen atoms in total. The standard InChI is InChI=1S/C14H16N2O3/c17-12(18)6-1-2-8-16-14(19)11-5-3-4-10-7-9-15-13(10)11/h3-5,7,9,15H,1-2,6,8H2,(H,16,19)(H,17,18). The van der Waals surface area contributed by atoms with Gasteiger partial charge in [-0.15, -0.1) is 0 Å². The van der Waals surface area contributed by atoms with E-state index < -0.39 is 5.97 Å². The summed E-state index contributed by atoms with van der Waals surface area (Å²) in [6.07, 6.45) is 3.18. The Labute approximate surface area is 110 Å². The molecule has 0 radical (unpaired) electrons. The van der Waals surface area contributed by atoms with Crippen molar-refractivity contribution < 1.29 is 14.7 Å². The fourth-order valence-corrected chi connectivity index (χ4v) is 1.97. The van der Waals surface area contributed by atoms with Crippen LogP contribution >= 0.6 is 0 Å². The van der Waals surface area contributed by atoms with Crippen molar-refractivity contribution in [2.45, 2.75) is 19.3 Å². The monoisotopic (exact) mass is 260 g/mol. The smallest absolute Gasteiger partial charge is 0.303 e. The van der Waals surface area contributed by atoms with Crippen LogP contribution in [0, 0.1) is 0 Å². The number of aromatic amines is 1. The van der Waals surface area contributed by atoms with E-state index in [2.05, 4.69) is 10.3 Å². The highest BCUT2D eigenvalue weighted by atomic mass is 16.4. The number of hydrogen-bond acceptors (Lipinski definition) is 2. The number of aliphatic carboxylic acids is 1. The summed E-state index contributed by atoms with van der Waals surface area (Å²) in [4.78, 5) is 25.4. The number of aromatic nitrogens is 1. The Morgan fingerprint density at radius 1 is 1.21 bits per heavy atom. The molecule has 0 aliphatic carbocycles. The van der Waals surface area contributed by atoms with Crippen molar-refractivity contribution in [3.05, 3.63) is 36.0 Å². The molecule has 5 heteroatoms. The number of carbonyl (C=O) groups excluding carboxylic acids is 1. The first-order valence-corrected chi connectivity index (χ1v) is 6.24. The number of amides is 1. The number of hydrogen-bond donors (Lipinski definition) is 3. The number of fused-ring (bicyclic) bond motifs is 1. The molecule has 1 heterocycles. The predicted octanol–water partition coefficient (Wildman–Crippen LogP) is 2.15. The molecule has 0 saturated heterocycles. The Hall–Kier alpha value is -2.30. The van der Waals surface area contributed by atoms with Crippen molar-refractivity contribution in [3.63, 3.8) is 0 Å². The molecule has 0 aliphatic heterocycles. The highest BCUT2D eigenvalue weighted by Gasteiger charge is 2.09. The van der Waals surface area contributed by atoms with E-state index in [1.807, 2.05) is 18.2 Å². The van der Waals surface area contributed by atoms with Crippen molar-refractivity contribution in [3.8, 4) is 0 Å². The van der Waals surface area contributed by atoms with E-state index in [4.69, 9.17) is 5.11 Å². The minimum atomic E-state index is -0.803. The van der Waals surface area contributed by atoms with Crippen LogP contribution in [-0.4, -0.2) is 28.5 Å². The lowest BCUT2D eigenvalue weighted by Gasteiger charge is -2.05. The van der Waals surface area contributed by atoms with Crippen LogP contribution in [0.25, 0.3) is 10.9 Å². The lowest BCUT2D eigenvalue weighted by Crippen LogP contribution is -2.24. The van der Waals surface area contributed by atoms with Gasteiger partial charge in [-0.25, -0.2) is 0 Å². The second-order valence-corrected chi connectivity index (χ2v) is 4.35. The molecule has 3 N–H and O–H groups in total. The molecule has 2 aromatic rings. The van der Waals surface area contributed by atoms with E-state index in [1.54, 1.807) is 12.3 Å². The Morgan fingerprint density at radius 3 is 2.84 bits per heavy atom. The third kappa shape index (κ3) is 3.34. The lowest BCUT2D eigenvalue weighted by molar-refractivity contribution is -0.137. The first-order valence-electron chi connectivity index (χ1n) is 6.24. The van der Waals surface area contributed by atoms with Gasteiger partial charge in [0.05, 0.1) is 11.1 Å². The van der Waals surface area contributed by atoms with Gasteiger partial charge < -0.3 is 15.4 Å². The number of carboxylic acids is 1. The first-order chi connectivity index (χ1) is 9.18. The van der Waals surface area contributed by atoms with Crippen molar-refractivity contribution in [2.24, 2.45) is 0 Å². The minimum absolute atomic E-state index is 0.136. The maximum Gasteiger partial charge on any atom is 0.303 e. The molecule has 1 amide bonds. The molecule has 0 saturated carbocycles. The molecule has 0 spiro atoms. The Bertz CT molecular complexity index is 589. The molecule has 0 atom stereocenters. The summed E-state index contributed by atoms with van der Waals surface area (Å²) < 4.78 is 0. The van der Waals surface area contributed by atoms with Gasteiger partial charge in [-0.2, -0.15) is 0 Å². The highest BCUT2D eigenvalue weighted by molar-refractivity contribution is 6.05. The van der Waals surface area contributed by atoms with Crippen LogP contribution in [0.5, 0.6) is 0 Å². The van der Waals surface area contributed by atoms with Crippen LogP contribution < -0.4 is 5.32 Å². The van der Waals surface area contributed by atoms with E-state index in [1.165, 1.54) is 0 Å². The van der Waals surface area contributed by atoms with Gasteiger partial charge in [-0.3, -0.25) is 9.59 Å². The number of carboxylic acid groups (broad SMARTS) is 1. The molecule has 0 fully saturated rings. The molecular weight excluding hydrogens is 244 g/mol. The maximum atomic E-state index is 12.0. The van der Waals surface area contributed by atoms with Gasteiger partial charge in [0, 0.05) is 24.5 Å². The summed E-state index contributed by atoms with van der Waals surface area (Å²) in [5.74, 6) is -0.939. The zero-order valence-electron chi connectivity index (χ0n) is 10.5. The average molecular weight is 260 g/mol. The fourth-order valence-electron chi connectivity index (χ4n) is 1.97. The molecule has 1 aromatic heterocycles. The van der Waals surface area contributed by atoms with Crippen LogP contribution in [0.15, 0.2) is 30.5 Å². The number of para-hydroxylation sites is 1. The highest BCUT2D eigenvalue weighted by Crippen LogP contribution is 2.16. The molecule has 100 valence electrons. The average Bonchev–Trinajstić information content (AvgIpc) is 2.85. The lowest BCUT2D eigenvalue weighted by atomic mass is 10.1. The zero-order valence-corrected chi connectivity index (χ0v) is 10.5. The van der Waals surface area contributed by atoms with Crippen LogP contribution in [-0.2, 0) is 4.79 Å². The molecule has 0 unspecified atom stereocenters. The van der Waals surface area contributed by atoms with E-state index in [-0.39, 0.29) is 12.3 Å². The predicted molar refractivity (Wildman–Crippen MR) is 72.1 cm³/mol. The second kappa shape index (κ2) is 6.04. The summed E-state index contributed by atoms with van der Waals surface area (Å²) in [6.45, 7) is 0.489. The Morgan fingerprint density at radius 2 is 2.05 bits per heavy atom. The van der Waals surface area contributed by atoms with Gasteiger partial charge in [0.1, 0.15) is 0 Å². The molecule has 1 aromatic carbocycles. The van der Waals surface area contributed by atoms with Gasteiger partial charge in [-0.1, -0.05) is 12.1 Å². The topological polar surface area (TPSA) is 82.2 Å². The zero-order chi connectivity index (χ0) is 13.7. The third-order valence-electron chi connectivity index (χ3n) is 2.93. The number of rotatable bonds is 6. The number of carbonyl (C=O) groups is 2. The van der Waals surface area contributed by atoms with Crippen LogP contribution in [0.1, 0.15) is 29.6 Å². The number of unbranched alkanes of at least 4 members (excludes halogenated alkanes) is 1. The van der Waals surface area contributed by atoms with Gasteiger partial charge in [0.2, 0.25) is 0 Å². The van der Waals surface area contributed by atoms with Crippen molar-refractivity contribution in [1.82, 2.24) is 10.3 Å². The fraction of sp³-hybridized carbons (Fsp3) is 0.286. The third-order valence-corrected chi connectivity index (χ3v) is 2.93. The number of benzene rings is 1. The summed E-state index contributed by atoms with van der Waals surface area (Å²) >= 11 is 0. The Balaban J connectivity index is 1.90. The first kappa shape index (κ1) is 13.1. The minimum Gasteiger partial charge on any atom is -0.481 e. The van der Waals surface area contributed by atoms with Crippen molar-refractivity contribution in [1.29, 1.82) is 0 Å². The maximum absolute atomic E-state index is 12.0. The quantitative estimate of drug-likeness (QED) is 0.696. The van der Waals surface area contributed by atoms with Gasteiger partial charge in [0.15, 0.2) is 0 Å². The molecule has 0 aliphatic rings. The summed E-state index contributed by atoms with van der Waals surface area (Å²) in [5.41, 5.74) is 1.44. The number of nitrogens with one attached hydrogen (secondary N) is 2. The van der Waals surface area contributed by atoms with E-state index >= 15 is 0 Å². The van der Waals surface area contributed by atoms with E-state index in [9.17, 15) is 9.59 Å². The number of H-pyrrole nitrogens is 1. The van der Waals surface area contributed by atoms with Crippen LogP contribution in [0.3, 0.4) is 0 Å². The van der Waals surface area contributed by atoms with E-state index in [0.29, 0.717) is 24.9 Å². The molecular formula is C14H16N2O3. The van der Waals surface area contributed by atoms with Gasteiger partial charge in [0.25, 0.3) is 5.91 Å². The summed E-state index contributed by atoms with van der Waals surface area (Å²) in [6, 6.07) is 7.47. The van der Waals surface area contributed by atoms with Crippen molar-refractivity contribution >= 4 is 22.8 Å². The summed E-state index contributed by atoms with van der Waals surface area (Å²) in [7, 11) is 0. The SMILES string of the molecule is O=C(O)CCCCNC(=O)c1cccc2cc[nH]c12. The largest absolute Gasteiger partial charge is 0.481 e. The normalized spacial score (nSPS) is 10.5. The van der Waals surface area contributed by atoms with E-state index in [0.717, 1.165) is 10.9 Å². The Kier molecular flexibility index (Phi) is 4.18. The summed E-state index contributed by atoms with van der Waals surface area (Å²) in [5, 5.41) is 12.3. The van der Waals surface area contributed by atoms with Crippen LogP contribution in [0.2, 0.25) is 0 Å². The molecule has 2 rings (SSSR count). The van der Waals surface area contributed by atoms with Gasteiger partial charge >= 0.3 is 5.97 Å². The van der Waals surface area contributed by atoms with Gasteiger partial charge in [-0.05, 0) is 25.0 Å². The molecule has 19 heavy (non-hydrogen) atoms. The molecule has 0 bridgehead atoms. The second-order valence-electron chi connectivity index (χ2n) is 4.35.